The van der Waals surface area contributed by atoms with E-state index < -0.39 is 0 Å². The van der Waals surface area contributed by atoms with Gasteiger partial charge in [0.15, 0.2) is 0 Å². The van der Waals surface area contributed by atoms with Gasteiger partial charge in [-0.25, -0.2) is 4.79 Å². The normalized spacial score (nSPS) is 26.0. The maximum atomic E-state index is 11.4. The Labute approximate surface area is 92.6 Å². The van der Waals surface area contributed by atoms with Gasteiger partial charge in [-0.15, -0.1) is 0 Å². The van der Waals surface area contributed by atoms with E-state index >= 15 is 0 Å². The van der Waals surface area contributed by atoms with Crippen LogP contribution in [0.5, 0.6) is 0 Å². The summed E-state index contributed by atoms with van der Waals surface area (Å²) in [4.78, 5) is 11.4. The molecule has 2 atom stereocenters. The number of amides is 1. The average molecular weight is 213 g/mol. The van der Waals surface area contributed by atoms with Crippen molar-refractivity contribution < 1.29 is 9.53 Å². The maximum Gasteiger partial charge on any atom is 0.407 e. The Bertz CT molecular complexity index is 194. The number of rotatable bonds is 4. The highest BCUT2D eigenvalue weighted by atomic mass is 16.6. The number of unbranched alkanes of at least 4 members (excludes halogenated alkanes) is 1. The molecule has 1 rings (SSSR count). The summed E-state index contributed by atoms with van der Waals surface area (Å²) in [5, 5.41) is 2.78. The summed E-state index contributed by atoms with van der Waals surface area (Å²) in [5.41, 5.74) is 0. The first-order chi connectivity index (χ1) is 7.22. The van der Waals surface area contributed by atoms with Crippen LogP contribution in [0, 0.1) is 5.92 Å². The minimum absolute atomic E-state index is 0.148. The Morgan fingerprint density at radius 1 is 1.47 bits per heavy atom. The number of alkyl carbamates (subject to hydrolysis) is 1. The van der Waals surface area contributed by atoms with E-state index in [9.17, 15) is 4.79 Å². The monoisotopic (exact) mass is 213 g/mol. The molecule has 3 heteroatoms. The second-order valence-corrected chi connectivity index (χ2v) is 4.58. The molecule has 1 aliphatic rings. The van der Waals surface area contributed by atoms with E-state index in [1.165, 1.54) is 12.8 Å². The molecule has 3 nitrogen and oxygen atoms in total. The Morgan fingerprint density at radius 2 is 2.27 bits per heavy atom. The second kappa shape index (κ2) is 6.70. The van der Waals surface area contributed by atoms with Gasteiger partial charge in [0.1, 0.15) is 6.10 Å². The first kappa shape index (κ1) is 12.3. The fraction of sp³-hybridized carbons (Fsp3) is 0.917. The van der Waals surface area contributed by atoms with Crippen LogP contribution >= 0.6 is 0 Å². The van der Waals surface area contributed by atoms with Gasteiger partial charge in [-0.3, -0.25) is 0 Å². The van der Waals surface area contributed by atoms with Gasteiger partial charge in [0.2, 0.25) is 0 Å². The highest BCUT2D eigenvalue weighted by Crippen LogP contribution is 2.25. The van der Waals surface area contributed by atoms with Crippen molar-refractivity contribution >= 4 is 6.09 Å². The summed E-state index contributed by atoms with van der Waals surface area (Å²) < 4.78 is 5.36. The van der Waals surface area contributed by atoms with Gasteiger partial charge < -0.3 is 10.1 Å². The molecule has 88 valence electrons. The molecule has 0 saturated heterocycles. The third-order valence-electron chi connectivity index (χ3n) is 2.96. The summed E-state index contributed by atoms with van der Waals surface area (Å²) in [7, 11) is 0. The minimum Gasteiger partial charge on any atom is -0.446 e. The van der Waals surface area contributed by atoms with Gasteiger partial charge in [0.05, 0.1) is 0 Å². The molecule has 0 radical (unpaired) electrons. The average Bonchev–Trinajstić information content (AvgIpc) is 2.18. The number of ether oxygens (including phenoxy) is 1. The minimum atomic E-state index is -0.234. The number of hydrogen-bond acceptors (Lipinski definition) is 2. The fourth-order valence-corrected chi connectivity index (χ4v) is 2.05. The van der Waals surface area contributed by atoms with Crippen LogP contribution in [0.1, 0.15) is 52.4 Å². The van der Waals surface area contributed by atoms with Crippen molar-refractivity contribution in [3.8, 4) is 0 Å². The number of carbonyl (C=O) groups is 1. The third kappa shape index (κ3) is 5.05. The van der Waals surface area contributed by atoms with E-state index in [4.69, 9.17) is 4.74 Å². The highest BCUT2D eigenvalue weighted by molar-refractivity contribution is 5.67. The van der Waals surface area contributed by atoms with E-state index in [1.807, 2.05) is 0 Å². The van der Waals surface area contributed by atoms with Crippen LogP contribution in [0.15, 0.2) is 0 Å². The van der Waals surface area contributed by atoms with Crippen molar-refractivity contribution in [2.75, 3.05) is 6.54 Å². The third-order valence-corrected chi connectivity index (χ3v) is 2.96. The Kier molecular flexibility index (Phi) is 5.51. The largest absolute Gasteiger partial charge is 0.446 e. The molecule has 0 spiro atoms. The quantitative estimate of drug-likeness (QED) is 0.729. The molecule has 0 unspecified atom stereocenters. The zero-order chi connectivity index (χ0) is 11.1. The van der Waals surface area contributed by atoms with Crippen molar-refractivity contribution in [3.05, 3.63) is 0 Å². The number of nitrogens with one attached hydrogen (secondary N) is 1. The molecular formula is C12H23NO2. The topological polar surface area (TPSA) is 38.3 Å². The van der Waals surface area contributed by atoms with Crippen LogP contribution < -0.4 is 5.32 Å². The van der Waals surface area contributed by atoms with Gasteiger partial charge in [-0.05, 0) is 31.6 Å². The molecule has 1 saturated carbocycles. The first-order valence-electron chi connectivity index (χ1n) is 6.16. The molecule has 0 aromatic heterocycles. The van der Waals surface area contributed by atoms with E-state index in [0.29, 0.717) is 5.92 Å². The van der Waals surface area contributed by atoms with Crippen LogP contribution in [0.2, 0.25) is 0 Å². The smallest absolute Gasteiger partial charge is 0.407 e. The standard InChI is InChI=1S/C12H23NO2/c1-3-4-8-13-12(14)15-11-7-5-6-10(2)9-11/h10-11H,3-9H2,1-2H3,(H,13,14)/t10-,11+/m1/s1. The van der Waals surface area contributed by atoms with Crippen LogP contribution in [-0.2, 0) is 4.74 Å². The van der Waals surface area contributed by atoms with Crippen LogP contribution in [0.25, 0.3) is 0 Å². The zero-order valence-electron chi connectivity index (χ0n) is 9.92. The lowest BCUT2D eigenvalue weighted by Gasteiger charge is -2.26. The predicted octanol–water partition coefficient (Wildman–Crippen LogP) is 3.09. The second-order valence-electron chi connectivity index (χ2n) is 4.58. The molecular weight excluding hydrogens is 190 g/mol. The Morgan fingerprint density at radius 3 is 2.93 bits per heavy atom. The predicted molar refractivity (Wildman–Crippen MR) is 60.8 cm³/mol. The molecule has 1 amide bonds. The lowest BCUT2D eigenvalue weighted by atomic mass is 9.89. The van der Waals surface area contributed by atoms with Crippen LogP contribution in [0.3, 0.4) is 0 Å². The maximum absolute atomic E-state index is 11.4. The van der Waals surface area contributed by atoms with Gasteiger partial charge in [-0.1, -0.05) is 26.7 Å². The molecule has 0 aromatic carbocycles. The van der Waals surface area contributed by atoms with Gasteiger partial charge in [0, 0.05) is 6.54 Å². The van der Waals surface area contributed by atoms with Gasteiger partial charge >= 0.3 is 6.09 Å². The number of carbonyl (C=O) groups excluding carboxylic acids is 1. The molecule has 0 aromatic rings. The summed E-state index contributed by atoms with van der Waals surface area (Å²) in [6.45, 7) is 5.07. The Hall–Kier alpha value is -0.730. The SMILES string of the molecule is CCCCNC(=O)O[C@H]1CCC[C@@H](C)C1. The molecule has 1 fully saturated rings. The van der Waals surface area contributed by atoms with Crippen LogP contribution in [-0.4, -0.2) is 18.7 Å². The van der Waals surface area contributed by atoms with E-state index in [0.717, 1.165) is 32.2 Å². The molecule has 0 aliphatic heterocycles. The lowest BCUT2D eigenvalue weighted by molar-refractivity contribution is 0.0625. The van der Waals surface area contributed by atoms with Crippen molar-refractivity contribution in [1.82, 2.24) is 5.32 Å². The molecule has 15 heavy (non-hydrogen) atoms. The van der Waals surface area contributed by atoms with E-state index in [-0.39, 0.29) is 12.2 Å². The van der Waals surface area contributed by atoms with Crippen LogP contribution in [0.4, 0.5) is 4.79 Å². The summed E-state index contributed by atoms with van der Waals surface area (Å²) >= 11 is 0. The molecule has 0 bridgehead atoms. The van der Waals surface area contributed by atoms with Crippen molar-refractivity contribution in [3.63, 3.8) is 0 Å². The van der Waals surface area contributed by atoms with Crippen molar-refractivity contribution in [2.24, 2.45) is 5.92 Å². The zero-order valence-corrected chi connectivity index (χ0v) is 9.92. The molecule has 1 N–H and O–H groups in total. The molecule has 0 heterocycles. The lowest BCUT2D eigenvalue weighted by Crippen LogP contribution is -2.32. The van der Waals surface area contributed by atoms with Crippen molar-refractivity contribution in [1.29, 1.82) is 0 Å². The highest BCUT2D eigenvalue weighted by Gasteiger charge is 2.21. The van der Waals surface area contributed by atoms with Gasteiger partial charge in [0.25, 0.3) is 0 Å². The van der Waals surface area contributed by atoms with E-state index in [1.54, 1.807) is 0 Å². The van der Waals surface area contributed by atoms with Crippen molar-refractivity contribution in [2.45, 2.75) is 58.5 Å². The first-order valence-corrected chi connectivity index (χ1v) is 6.16. The fourth-order valence-electron chi connectivity index (χ4n) is 2.05. The summed E-state index contributed by atoms with van der Waals surface area (Å²) in [6.07, 6.45) is 6.56. The number of hydrogen-bond donors (Lipinski definition) is 1. The van der Waals surface area contributed by atoms with Gasteiger partial charge in [-0.2, -0.15) is 0 Å². The summed E-state index contributed by atoms with van der Waals surface area (Å²) in [6, 6.07) is 0. The van der Waals surface area contributed by atoms with E-state index in [2.05, 4.69) is 19.2 Å². The molecule has 1 aliphatic carbocycles. The Balaban J connectivity index is 2.13. The summed E-state index contributed by atoms with van der Waals surface area (Å²) in [5.74, 6) is 0.701.